The van der Waals surface area contributed by atoms with Crippen molar-refractivity contribution >= 4 is 5.57 Å². The van der Waals surface area contributed by atoms with Gasteiger partial charge in [-0.25, -0.2) is 17.6 Å². The molecular weight excluding hydrogens is 348 g/mol. The van der Waals surface area contributed by atoms with E-state index >= 15 is 0 Å². The summed E-state index contributed by atoms with van der Waals surface area (Å²) < 4.78 is 150. The van der Waals surface area contributed by atoms with Crippen molar-refractivity contribution in [1.82, 2.24) is 0 Å². The Morgan fingerprint density at radius 1 is 0.636 bits per heavy atom. The number of hydrogen-bond acceptors (Lipinski definition) is 0. The average molecular weight is 348 g/mol. The van der Waals surface area contributed by atoms with Crippen LogP contribution >= 0.6 is 0 Å². The molecule has 0 atom stereocenters. The molecule has 0 heterocycles. The van der Waals surface area contributed by atoms with Gasteiger partial charge in [-0.1, -0.05) is 0 Å². The molecule has 124 valence electrons. The fourth-order valence-electron chi connectivity index (χ4n) is 1.44. The molecule has 0 radical (unpaired) electrons. The molecule has 0 spiro atoms. The van der Waals surface area contributed by atoms with Crippen molar-refractivity contribution in [2.45, 2.75) is 12.4 Å². The summed E-state index contributed by atoms with van der Waals surface area (Å²) in [5.41, 5.74) is -9.57. The summed E-state index contributed by atoms with van der Waals surface area (Å²) in [5.74, 6) is -13.0. The van der Waals surface area contributed by atoms with Gasteiger partial charge in [0.15, 0.2) is 23.3 Å². The fourth-order valence-corrected chi connectivity index (χ4v) is 1.44. The molecule has 0 aliphatic carbocycles. The monoisotopic (exact) mass is 348 g/mol. The zero-order valence-electron chi connectivity index (χ0n) is 9.54. The molecule has 0 aromatic heterocycles. The van der Waals surface area contributed by atoms with E-state index in [2.05, 4.69) is 0 Å². The SMILES string of the molecule is FC(F)=C(c1c(F)c(F)c(C(F)(F)F)c(F)c1F)C(F)(F)F. The minimum Gasteiger partial charge on any atom is -0.203 e. The zero-order chi connectivity index (χ0) is 17.6. The lowest BCUT2D eigenvalue weighted by Crippen LogP contribution is -2.20. The minimum atomic E-state index is -6.18. The van der Waals surface area contributed by atoms with Crippen LogP contribution in [0.3, 0.4) is 0 Å². The maximum absolute atomic E-state index is 13.2. The lowest BCUT2D eigenvalue weighted by molar-refractivity contribution is -0.143. The second-order valence-electron chi connectivity index (χ2n) is 3.64. The molecule has 1 rings (SSSR count). The van der Waals surface area contributed by atoms with Gasteiger partial charge in [-0.3, -0.25) is 0 Å². The molecular formula is C10F12. The molecule has 0 N–H and O–H groups in total. The Morgan fingerprint density at radius 3 is 1.23 bits per heavy atom. The third-order valence-electron chi connectivity index (χ3n) is 2.27. The molecule has 0 aliphatic rings. The zero-order valence-corrected chi connectivity index (χ0v) is 9.54. The first kappa shape index (κ1) is 18.2. The van der Waals surface area contributed by atoms with Gasteiger partial charge in [0.1, 0.15) is 11.1 Å². The van der Waals surface area contributed by atoms with E-state index in [0.717, 1.165) is 0 Å². The van der Waals surface area contributed by atoms with Gasteiger partial charge in [-0.05, 0) is 0 Å². The van der Waals surface area contributed by atoms with Crippen LogP contribution in [0.15, 0.2) is 6.08 Å². The van der Waals surface area contributed by atoms with Crippen molar-refractivity contribution in [1.29, 1.82) is 0 Å². The Balaban J connectivity index is 3.94. The van der Waals surface area contributed by atoms with E-state index in [4.69, 9.17) is 0 Å². The van der Waals surface area contributed by atoms with Gasteiger partial charge in [0.05, 0.1) is 5.56 Å². The van der Waals surface area contributed by atoms with Crippen LogP contribution in [0.1, 0.15) is 11.1 Å². The first-order valence-electron chi connectivity index (χ1n) is 4.77. The molecule has 0 saturated heterocycles. The van der Waals surface area contributed by atoms with Crippen LogP contribution < -0.4 is 0 Å². The van der Waals surface area contributed by atoms with Crippen LogP contribution in [0.5, 0.6) is 0 Å². The van der Waals surface area contributed by atoms with Crippen molar-refractivity contribution < 1.29 is 52.7 Å². The van der Waals surface area contributed by atoms with Crippen molar-refractivity contribution in [2.75, 3.05) is 0 Å². The molecule has 0 aliphatic heterocycles. The van der Waals surface area contributed by atoms with Gasteiger partial charge in [-0.2, -0.15) is 35.1 Å². The Morgan fingerprint density at radius 2 is 1.00 bits per heavy atom. The van der Waals surface area contributed by atoms with E-state index < -0.39 is 58.4 Å². The molecule has 12 heteroatoms. The Hall–Kier alpha value is -1.88. The fraction of sp³-hybridized carbons (Fsp3) is 0.200. The topological polar surface area (TPSA) is 0 Å². The van der Waals surface area contributed by atoms with Crippen LogP contribution in [0, 0.1) is 23.3 Å². The summed E-state index contributed by atoms with van der Waals surface area (Å²) in [6.45, 7) is 0. The summed E-state index contributed by atoms with van der Waals surface area (Å²) >= 11 is 0. The lowest BCUT2D eigenvalue weighted by Gasteiger charge is -2.16. The highest BCUT2D eigenvalue weighted by Gasteiger charge is 2.47. The van der Waals surface area contributed by atoms with Gasteiger partial charge >= 0.3 is 12.4 Å². The molecule has 22 heavy (non-hydrogen) atoms. The standard InChI is InChI=1S/C10F12/c11-4-1(2(8(15)16)9(17,18)19)5(12)7(14)3(6(4)13)10(20,21)22. The highest BCUT2D eigenvalue weighted by Crippen LogP contribution is 2.44. The van der Waals surface area contributed by atoms with E-state index in [9.17, 15) is 52.7 Å². The Kier molecular flexibility index (Phi) is 4.45. The number of alkyl halides is 6. The average Bonchev–Trinajstić information content (AvgIpc) is 2.28. The maximum atomic E-state index is 13.2. The quantitative estimate of drug-likeness (QED) is 0.469. The molecule has 1 aromatic rings. The lowest BCUT2D eigenvalue weighted by atomic mass is 10.0. The van der Waals surface area contributed by atoms with Crippen molar-refractivity contribution in [3.8, 4) is 0 Å². The van der Waals surface area contributed by atoms with E-state index in [1.165, 1.54) is 0 Å². The van der Waals surface area contributed by atoms with Crippen LogP contribution in [0.25, 0.3) is 5.57 Å². The van der Waals surface area contributed by atoms with Crippen LogP contribution in [0.4, 0.5) is 52.7 Å². The van der Waals surface area contributed by atoms with Crippen molar-refractivity contribution in [2.24, 2.45) is 0 Å². The van der Waals surface area contributed by atoms with Crippen molar-refractivity contribution in [3.05, 3.63) is 40.5 Å². The second kappa shape index (κ2) is 5.39. The highest BCUT2D eigenvalue weighted by molar-refractivity contribution is 5.71. The number of hydrogen-bond donors (Lipinski definition) is 0. The number of rotatable bonds is 1. The highest BCUT2D eigenvalue weighted by atomic mass is 19.4. The van der Waals surface area contributed by atoms with Gasteiger partial charge in [0.2, 0.25) is 0 Å². The smallest absolute Gasteiger partial charge is 0.203 e. The van der Waals surface area contributed by atoms with E-state index in [1.54, 1.807) is 0 Å². The summed E-state index contributed by atoms with van der Waals surface area (Å²) in [6.07, 6.45) is -16.0. The molecule has 0 saturated carbocycles. The van der Waals surface area contributed by atoms with E-state index in [-0.39, 0.29) is 0 Å². The van der Waals surface area contributed by atoms with Crippen molar-refractivity contribution in [3.63, 3.8) is 0 Å². The molecule has 0 amide bonds. The Bertz CT molecular complexity index is 600. The number of allylic oxidation sites excluding steroid dienone is 1. The molecule has 0 unspecified atom stereocenters. The summed E-state index contributed by atoms with van der Waals surface area (Å²) in [4.78, 5) is 0. The number of benzene rings is 1. The molecule has 0 nitrogen and oxygen atoms in total. The maximum Gasteiger partial charge on any atom is 0.422 e. The third-order valence-corrected chi connectivity index (χ3v) is 2.27. The number of halogens is 12. The van der Waals surface area contributed by atoms with Gasteiger partial charge in [0, 0.05) is 0 Å². The van der Waals surface area contributed by atoms with Crippen LogP contribution in [-0.4, -0.2) is 6.18 Å². The largest absolute Gasteiger partial charge is 0.422 e. The molecule has 0 bridgehead atoms. The first-order valence-corrected chi connectivity index (χ1v) is 4.77. The predicted molar refractivity (Wildman–Crippen MR) is 46.5 cm³/mol. The molecule has 1 aromatic carbocycles. The summed E-state index contributed by atoms with van der Waals surface area (Å²) in [6, 6.07) is 0. The van der Waals surface area contributed by atoms with Crippen LogP contribution in [-0.2, 0) is 6.18 Å². The first-order chi connectivity index (χ1) is 9.71. The minimum absolute atomic E-state index is 2.98. The van der Waals surface area contributed by atoms with E-state index in [1.807, 2.05) is 0 Å². The summed E-state index contributed by atoms with van der Waals surface area (Å²) in [7, 11) is 0. The van der Waals surface area contributed by atoms with Gasteiger partial charge < -0.3 is 0 Å². The van der Waals surface area contributed by atoms with Gasteiger partial charge in [0.25, 0.3) is 6.08 Å². The van der Waals surface area contributed by atoms with Crippen LogP contribution in [0.2, 0.25) is 0 Å². The molecule has 0 fully saturated rings. The third kappa shape index (κ3) is 2.99. The normalized spacial score (nSPS) is 12.5. The van der Waals surface area contributed by atoms with Gasteiger partial charge in [-0.15, -0.1) is 0 Å². The summed E-state index contributed by atoms with van der Waals surface area (Å²) in [5, 5.41) is 0. The Labute approximate surface area is 112 Å². The predicted octanol–water partition coefficient (Wildman–Crippen LogP) is 5.43. The second-order valence-corrected chi connectivity index (χ2v) is 3.64. The van der Waals surface area contributed by atoms with E-state index in [0.29, 0.717) is 0 Å².